The smallest absolute Gasteiger partial charge is 0.155 e. The van der Waals surface area contributed by atoms with Gasteiger partial charge < -0.3 is 4.57 Å². The third-order valence-corrected chi connectivity index (χ3v) is 13.1. The van der Waals surface area contributed by atoms with Gasteiger partial charge in [-0.3, -0.25) is 4.99 Å². The van der Waals surface area contributed by atoms with Crippen LogP contribution >= 0.6 is 0 Å². The minimum Gasteiger partial charge on any atom is -0.324 e. The van der Waals surface area contributed by atoms with Gasteiger partial charge in [-0.05, 0) is 98.0 Å². The number of aromatic nitrogens is 2. The summed E-state index contributed by atoms with van der Waals surface area (Å²) in [5.41, 5.74) is 17.2. The van der Waals surface area contributed by atoms with Gasteiger partial charge in [0.25, 0.3) is 0 Å². The lowest BCUT2D eigenvalue weighted by Gasteiger charge is -2.31. The van der Waals surface area contributed by atoms with Gasteiger partial charge in [-0.1, -0.05) is 207 Å². The molecule has 312 valence electrons. The van der Waals surface area contributed by atoms with Crippen molar-refractivity contribution in [3.05, 3.63) is 235 Å². The van der Waals surface area contributed by atoms with Crippen LogP contribution in [0.5, 0.6) is 0 Å². The Hall–Kier alpha value is -7.95. The van der Waals surface area contributed by atoms with E-state index >= 15 is 0 Å². The topological polar surface area (TPSA) is 42.5 Å². The second kappa shape index (κ2) is 17.3. The molecule has 0 N–H and O–H groups in total. The predicted molar refractivity (Wildman–Crippen MR) is 273 cm³/mol. The van der Waals surface area contributed by atoms with Crippen molar-refractivity contribution >= 4 is 33.4 Å². The summed E-state index contributed by atoms with van der Waals surface area (Å²) in [6.07, 6.45) is 0.887. The monoisotopic (exact) mass is 836 g/mol. The van der Waals surface area contributed by atoms with Gasteiger partial charge in [0.05, 0.1) is 22.8 Å². The molecule has 10 aromatic rings. The summed E-state index contributed by atoms with van der Waals surface area (Å²) in [4.78, 5) is 16.1. The lowest BCUT2D eigenvalue weighted by atomic mass is 9.80. The van der Waals surface area contributed by atoms with Crippen molar-refractivity contribution in [2.75, 3.05) is 0 Å². The summed E-state index contributed by atoms with van der Waals surface area (Å²) < 4.78 is 2.31. The molecule has 0 radical (unpaired) electrons. The summed E-state index contributed by atoms with van der Waals surface area (Å²) in [6, 6.07) is 78.3. The van der Waals surface area contributed by atoms with Crippen LogP contribution in [-0.4, -0.2) is 21.1 Å². The van der Waals surface area contributed by atoms with Crippen LogP contribution in [0.25, 0.3) is 77.7 Å². The molecular weight excluding hydrogens is 789 g/mol. The number of hydrogen-bond donors (Lipinski definition) is 0. The molecule has 1 aliphatic heterocycles. The van der Waals surface area contributed by atoms with Gasteiger partial charge in [0.1, 0.15) is 5.82 Å². The van der Waals surface area contributed by atoms with Crippen LogP contribution in [0.4, 0.5) is 0 Å². The molecule has 0 saturated carbocycles. The van der Waals surface area contributed by atoms with Crippen molar-refractivity contribution in [3.8, 4) is 55.9 Å². The van der Waals surface area contributed by atoms with E-state index in [0.717, 1.165) is 63.6 Å². The lowest BCUT2D eigenvalue weighted by Crippen LogP contribution is -2.28. The van der Waals surface area contributed by atoms with Crippen LogP contribution < -0.4 is 0 Å². The first kappa shape index (κ1) is 39.9. The number of rotatable bonds is 10. The van der Waals surface area contributed by atoms with Crippen LogP contribution in [-0.2, 0) is 6.54 Å². The molecule has 0 amide bonds. The number of benzene rings is 9. The second-order valence-electron chi connectivity index (χ2n) is 16.8. The Kier molecular flexibility index (Phi) is 10.6. The maximum atomic E-state index is 5.57. The van der Waals surface area contributed by atoms with Crippen LogP contribution in [0.2, 0.25) is 0 Å². The molecule has 0 saturated heterocycles. The van der Waals surface area contributed by atoms with E-state index in [9.17, 15) is 0 Å². The standard InChI is InChI=1S/C61H48N4/c1-3-47-58(43-38-36-42(37-39-43)41-20-7-5-8-21-41)63-60(44-22-9-6-10-23-44)64-59(47)55-29-14-13-28-54(55)53-33-19-31-51-50(30-18-32-52(51)53)49-27-12-11-26-48(49)45-24-17-25-46(40-45)61-62-56-34-15-16-35-57(56)65(61)4-2/h5-40,47,59H,3-4H2,1-2H3. The Labute approximate surface area is 381 Å². The van der Waals surface area contributed by atoms with E-state index in [1.165, 1.54) is 55.3 Å². The summed E-state index contributed by atoms with van der Waals surface area (Å²) in [5.74, 6) is 1.82. The van der Waals surface area contributed by atoms with Gasteiger partial charge in [0.15, 0.2) is 5.84 Å². The summed E-state index contributed by atoms with van der Waals surface area (Å²) in [5, 5.41) is 2.42. The fourth-order valence-corrected chi connectivity index (χ4v) is 9.96. The molecule has 0 spiro atoms. The largest absolute Gasteiger partial charge is 0.324 e. The molecule has 0 fully saturated rings. The highest BCUT2D eigenvalue weighted by molar-refractivity contribution is 6.15. The van der Waals surface area contributed by atoms with Gasteiger partial charge in [-0.2, -0.15) is 0 Å². The zero-order valence-electron chi connectivity index (χ0n) is 36.6. The Bertz CT molecular complexity index is 3400. The van der Waals surface area contributed by atoms with E-state index in [0.29, 0.717) is 0 Å². The second-order valence-corrected chi connectivity index (χ2v) is 16.8. The van der Waals surface area contributed by atoms with E-state index in [-0.39, 0.29) is 12.0 Å². The van der Waals surface area contributed by atoms with Crippen molar-refractivity contribution in [2.45, 2.75) is 32.9 Å². The maximum absolute atomic E-state index is 5.57. The lowest BCUT2D eigenvalue weighted by molar-refractivity contribution is 0.533. The Morgan fingerprint density at radius 2 is 0.969 bits per heavy atom. The first-order chi connectivity index (χ1) is 32.2. The molecule has 4 nitrogen and oxygen atoms in total. The highest BCUT2D eigenvalue weighted by Crippen LogP contribution is 2.44. The van der Waals surface area contributed by atoms with Crippen LogP contribution in [0.1, 0.15) is 43.0 Å². The highest BCUT2D eigenvalue weighted by Gasteiger charge is 2.33. The Morgan fingerprint density at radius 1 is 0.431 bits per heavy atom. The van der Waals surface area contributed by atoms with Crippen LogP contribution in [0.3, 0.4) is 0 Å². The quantitative estimate of drug-likeness (QED) is 0.135. The number of imidazole rings is 1. The summed E-state index contributed by atoms with van der Waals surface area (Å²) in [7, 11) is 0. The van der Waals surface area contributed by atoms with E-state index in [2.05, 4.69) is 237 Å². The molecule has 1 aromatic heterocycles. The van der Waals surface area contributed by atoms with Gasteiger partial charge in [0, 0.05) is 23.6 Å². The molecular formula is C61H48N4. The van der Waals surface area contributed by atoms with Gasteiger partial charge in [-0.25, -0.2) is 9.98 Å². The molecule has 65 heavy (non-hydrogen) atoms. The number of amidine groups is 1. The van der Waals surface area contributed by atoms with Crippen molar-refractivity contribution < 1.29 is 0 Å². The molecule has 4 heteroatoms. The molecule has 1 aliphatic rings. The predicted octanol–water partition coefficient (Wildman–Crippen LogP) is 15.6. The van der Waals surface area contributed by atoms with Crippen molar-refractivity contribution in [2.24, 2.45) is 15.9 Å². The van der Waals surface area contributed by atoms with Gasteiger partial charge >= 0.3 is 0 Å². The highest BCUT2D eigenvalue weighted by atomic mass is 15.1. The normalized spacial score (nSPS) is 14.9. The van der Waals surface area contributed by atoms with E-state index in [4.69, 9.17) is 15.0 Å². The fraction of sp³-hybridized carbons (Fsp3) is 0.0984. The third-order valence-electron chi connectivity index (χ3n) is 13.1. The zero-order valence-corrected chi connectivity index (χ0v) is 36.6. The van der Waals surface area contributed by atoms with Crippen molar-refractivity contribution in [3.63, 3.8) is 0 Å². The number of fused-ring (bicyclic) bond motifs is 2. The number of nitrogens with zero attached hydrogens (tertiary/aromatic N) is 4. The average Bonchev–Trinajstić information content (AvgIpc) is 3.77. The number of para-hydroxylation sites is 2. The summed E-state index contributed by atoms with van der Waals surface area (Å²) in [6.45, 7) is 5.30. The molecule has 0 bridgehead atoms. The maximum Gasteiger partial charge on any atom is 0.155 e. The SMILES string of the molecule is CCC1C(c2ccc(-c3ccccc3)cc2)=NC(c2ccccc2)=NC1c1ccccc1-c1cccc2c(-c3ccccc3-c3cccc(-c4nc5ccccc5n4CC)c3)cccc12. The first-order valence-electron chi connectivity index (χ1n) is 22.8. The third kappa shape index (κ3) is 7.37. The molecule has 2 heterocycles. The van der Waals surface area contributed by atoms with E-state index < -0.39 is 0 Å². The van der Waals surface area contributed by atoms with Crippen LogP contribution in [0.15, 0.2) is 228 Å². The van der Waals surface area contributed by atoms with Crippen molar-refractivity contribution in [1.29, 1.82) is 0 Å². The van der Waals surface area contributed by atoms with E-state index in [1.54, 1.807) is 0 Å². The van der Waals surface area contributed by atoms with Gasteiger partial charge in [-0.15, -0.1) is 0 Å². The van der Waals surface area contributed by atoms with Gasteiger partial charge in [0.2, 0.25) is 0 Å². The molecule has 9 aromatic carbocycles. The number of aliphatic imine (C=N–C) groups is 2. The Morgan fingerprint density at radius 3 is 1.69 bits per heavy atom. The van der Waals surface area contributed by atoms with E-state index in [1.807, 2.05) is 0 Å². The molecule has 0 aliphatic carbocycles. The molecule has 2 unspecified atom stereocenters. The van der Waals surface area contributed by atoms with Crippen molar-refractivity contribution in [1.82, 2.24) is 9.55 Å². The minimum atomic E-state index is -0.153. The minimum absolute atomic E-state index is 0.0631. The molecule has 11 rings (SSSR count). The van der Waals surface area contributed by atoms with Crippen LogP contribution in [0, 0.1) is 5.92 Å². The Balaban J connectivity index is 1.01. The fourth-order valence-electron chi connectivity index (χ4n) is 9.96. The molecule has 2 atom stereocenters. The number of aryl methyl sites for hydroxylation is 1. The zero-order chi connectivity index (χ0) is 43.7. The first-order valence-corrected chi connectivity index (χ1v) is 22.8. The average molecular weight is 837 g/mol. The number of hydrogen-bond acceptors (Lipinski definition) is 3. The summed E-state index contributed by atoms with van der Waals surface area (Å²) >= 11 is 0.